The highest BCUT2D eigenvalue weighted by molar-refractivity contribution is 8.01. The molecule has 8 heteroatoms. The number of aromatic nitrogens is 2. The summed E-state index contributed by atoms with van der Waals surface area (Å²) in [6.07, 6.45) is 1.94. The highest BCUT2D eigenvalue weighted by Gasteiger charge is 2.32. The fourth-order valence-corrected chi connectivity index (χ4v) is 4.83. The average molecular weight is 302 g/mol. The fourth-order valence-electron chi connectivity index (χ4n) is 2.01. The quantitative estimate of drug-likeness (QED) is 0.872. The monoisotopic (exact) mass is 302 g/mol. The second-order valence-corrected chi connectivity index (χ2v) is 7.83. The first-order valence-corrected chi connectivity index (χ1v) is 9.19. The zero-order chi connectivity index (χ0) is 14.0. The van der Waals surface area contributed by atoms with Gasteiger partial charge in [0, 0.05) is 36.8 Å². The van der Waals surface area contributed by atoms with Gasteiger partial charge < -0.3 is 10.6 Å². The molecule has 0 spiro atoms. The van der Waals surface area contributed by atoms with Crippen molar-refractivity contribution in [2.45, 2.75) is 18.7 Å². The standard InChI is InChI=1S/C11H18N4O2S2/c1-3-9-13-8(12)6-10(14-9)15-4-5-18-7-11(15)19(2,16)17/h6,11H,3-5,7H2,1-2H3,(H2,12,13,14). The third-order valence-corrected chi connectivity index (χ3v) is 5.61. The van der Waals surface area contributed by atoms with Gasteiger partial charge in [0.15, 0.2) is 9.84 Å². The molecule has 1 atom stereocenters. The van der Waals surface area contributed by atoms with Crippen LogP contribution < -0.4 is 10.6 Å². The SMILES string of the molecule is CCc1nc(N)cc(N2CCSCC2S(C)(=O)=O)n1. The first-order chi connectivity index (χ1) is 8.91. The topological polar surface area (TPSA) is 89.2 Å². The number of nitrogens with zero attached hydrogens (tertiary/aromatic N) is 3. The van der Waals surface area contributed by atoms with Crippen LogP contribution in [0.15, 0.2) is 6.07 Å². The Labute approximate surface area is 117 Å². The highest BCUT2D eigenvalue weighted by atomic mass is 32.2. The lowest BCUT2D eigenvalue weighted by atomic mass is 10.4. The van der Waals surface area contributed by atoms with Crippen LogP contribution in [-0.4, -0.2) is 48.1 Å². The zero-order valence-corrected chi connectivity index (χ0v) is 12.7. The second kappa shape index (κ2) is 5.54. The summed E-state index contributed by atoms with van der Waals surface area (Å²) in [4.78, 5) is 10.3. The lowest BCUT2D eigenvalue weighted by Crippen LogP contribution is -2.47. The Morgan fingerprint density at radius 1 is 1.53 bits per heavy atom. The van der Waals surface area contributed by atoms with Gasteiger partial charge in [-0.2, -0.15) is 11.8 Å². The third kappa shape index (κ3) is 3.30. The fraction of sp³-hybridized carbons (Fsp3) is 0.636. The summed E-state index contributed by atoms with van der Waals surface area (Å²) in [5.41, 5.74) is 5.76. The minimum Gasteiger partial charge on any atom is -0.384 e. The molecule has 1 unspecified atom stereocenters. The van der Waals surface area contributed by atoms with Crippen molar-refractivity contribution in [1.29, 1.82) is 0 Å². The molecule has 1 aromatic heterocycles. The Morgan fingerprint density at radius 3 is 2.89 bits per heavy atom. The summed E-state index contributed by atoms with van der Waals surface area (Å²) in [5.74, 6) is 3.08. The van der Waals surface area contributed by atoms with Crippen molar-refractivity contribution in [1.82, 2.24) is 9.97 Å². The molecule has 19 heavy (non-hydrogen) atoms. The largest absolute Gasteiger partial charge is 0.384 e. The van der Waals surface area contributed by atoms with E-state index >= 15 is 0 Å². The van der Waals surface area contributed by atoms with E-state index in [9.17, 15) is 8.42 Å². The lowest BCUT2D eigenvalue weighted by Gasteiger charge is -2.35. The Balaban J connectivity index is 2.40. The van der Waals surface area contributed by atoms with Gasteiger partial charge in [-0.1, -0.05) is 6.92 Å². The molecule has 2 heterocycles. The van der Waals surface area contributed by atoms with E-state index in [1.54, 1.807) is 17.8 Å². The number of anilines is 2. The molecule has 1 aliphatic rings. The van der Waals surface area contributed by atoms with E-state index in [4.69, 9.17) is 5.73 Å². The molecule has 0 aliphatic carbocycles. The molecular weight excluding hydrogens is 284 g/mol. The van der Waals surface area contributed by atoms with Gasteiger partial charge in [-0.15, -0.1) is 0 Å². The Kier molecular flexibility index (Phi) is 4.19. The van der Waals surface area contributed by atoms with E-state index < -0.39 is 15.2 Å². The number of rotatable bonds is 3. The van der Waals surface area contributed by atoms with Gasteiger partial charge in [0.2, 0.25) is 0 Å². The number of hydrogen-bond acceptors (Lipinski definition) is 7. The minimum absolute atomic E-state index is 0.382. The van der Waals surface area contributed by atoms with Gasteiger partial charge in [-0.25, -0.2) is 18.4 Å². The van der Waals surface area contributed by atoms with Crippen LogP contribution in [0.25, 0.3) is 0 Å². The average Bonchev–Trinajstić information content (AvgIpc) is 2.37. The van der Waals surface area contributed by atoms with Crippen molar-refractivity contribution in [3.05, 3.63) is 11.9 Å². The summed E-state index contributed by atoms with van der Waals surface area (Å²) in [6.45, 7) is 2.60. The maximum atomic E-state index is 11.9. The normalized spacial score (nSPS) is 20.5. The van der Waals surface area contributed by atoms with Crippen LogP contribution in [0.2, 0.25) is 0 Å². The Morgan fingerprint density at radius 2 is 2.26 bits per heavy atom. The second-order valence-electron chi connectivity index (χ2n) is 4.47. The lowest BCUT2D eigenvalue weighted by molar-refractivity contribution is 0.583. The molecule has 2 rings (SSSR count). The van der Waals surface area contributed by atoms with Crippen LogP contribution in [-0.2, 0) is 16.3 Å². The molecule has 0 radical (unpaired) electrons. The van der Waals surface area contributed by atoms with E-state index in [0.717, 1.165) is 5.75 Å². The summed E-state index contributed by atoms with van der Waals surface area (Å²) in [7, 11) is -3.15. The molecule has 1 saturated heterocycles. The van der Waals surface area contributed by atoms with Crippen molar-refractivity contribution in [3.63, 3.8) is 0 Å². The van der Waals surface area contributed by atoms with Crippen LogP contribution in [0.1, 0.15) is 12.7 Å². The third-order valence-electron chi connectivity index (χ3n) is 2.97. The number of thioether (sulfide) groups is 1. The van der Waals surface area contributed by atoms with Crippen molar-refractivity contribution in [2.24, 2.45) is 0 Å². The van der Waals surface area contributed by atoms with Crippen LogP contribution in [0.4, 0.5) is 11.6 Å². The van der Waals surface area contributed by atoms with Crippen molar-refractivity contribution < 1.29 is 8.42 Å². The molecular formula is C11H18N4O2S2. The van der Waals surface area contributed by atoms with Gasteiger partial charge >= 0.3 is 0 Å². The van der Waals surface area contributed by atoms with Crippen molar-refractivity contribution >= 4 is 33.2 Å². The summed E-state index contributed by atoms with van der Waals surface area (Å²) in [6, 6.07) is 1.65. The van der Waals surface area contributed by atoms with Gasteiger partial charge in [-0.3, -0.25) is 0 Å². The van der Waals surface area contributed by atoms with Crippen LogP contribution >= 0.6 is 11.8 Å². The van der Waals surface area contributed by atoms with Crippen LogP contribution in [0.5, 0.6) is 0 Å². The summed E-state index contributed by atoms with van der Waals surface area (Å²) in [5, 5.41) is -0.537. The molecule has 6 nitrogen and oxygen atoms in total. The molecule has 0 bridgehead atoms. The van der Waals surface area contributed by atoms with E-state index in [2.05, 4.69) is 9.97 Å². The number of aryl methyl sites for hydroxylation is 1. The summed E-state index contributed by atoms with van der Waals surface area (Å²) < 4.78 is 23.8. The first kappa shape index (κ1) is 14.4. The number of nitrogens with two attached hydrogens (primary N) is 1. The number of hydrogen-bond donors (Lipinski definition) is 1. The van der Waals surface area contributed by atoms with Crippen molar-refractivity contribution in [2.75, 3.05) is 34.9 Å². The maximum absolute atomic E-state index is 11.9. The number of nitrogen functional groups attached to an aromatic ring is 1. The van der Waals surface area contributed by atoms with Crippen LogP contribution in [0.3, 0.4) is 0 Å². The zero-order valence-electron chi connectivity index (χ0n) is 11.0. The van der Waals surface area contributed by atoms with E-state index in [-0.39, 0.29) is 0 Å². The Hall–Kier alpha value is -1.02. The first-order valence-electron chi connectivity index (χ1n) is 6.08. The predicted molar refractivity (Wildman–Crippen MR) is 79.1 cm³/mol. The van der Waals surface area contributed by atoms with E-state index in [1.165, 1.54) is 6.26 Å². The number of sulfone groups is 1. The van der Waals surface area contributed by atoms with E-state index in [0.29, 0.717) is 36.2 Å². The molecule has 1 aromatic rings. The van der Waals surface area contributed by atoms with Gasteiger partial charge in [0.05, 0.1) is 0 Å². The minimum atomic E-state index is -3.15. The molecule has 106 valence electrons. The molecule has 0 amide bonds. The van der Waals surface area contributed by atoms with Gasteiger partial charge in [-0.05, 0) is 0 Å². The molecule has 2 N–H and O–H groups in total. The molecule has 0 saturated carbocycles. The summed E-state index contributed by atoms with van der Waals surface area (Å²) >= 11 is 1.65. The van der Waals surface area contributed by atoms with Crippen LogP contribution in [0, 0.1) is 0 Å². The van der Waals surface area contributed by atoms with E-state index in [1.807, 2.05) is 11.8 Å². The smallest absolute Gasteiger partial charge is 0.169 e. The maximum Gasteiger partial charge on any atom is 0.169 e. The molecule has 1 fully saturated rings. The predicted octanol–water partition coefficient (Wildman–Crippen LogP) is 0.545. The molecule has 0 aromatic carbocycles. The van der Waals surface area contributed by atoms with Gasteiger partial charge in [0.1, 0.15) is 22.8 Å². The molecule has 1 aliphatic heterocycles. The Bertz CT molecular complexity index is 562. The van der Waals surface area contributed by atoms with Gasteiger partial charge in [0.25, 0.3) is 0 Å². The van der Waals surface area contributed by atoms with Crippen molar-refractivity contribution in [3.8, 4) is 0 Å². The highest BCUT2D eigenvalue weighted by Crippen LogP contribution is 2.26.